The first kappa shape index (κ1) is 14.3. The molecule has 2 rings (SSSR count). The zero-order valence-electron chi connectivity index (χ0n) is 11.6. The Bertz CT molecular complexity index is 737. The van der Waals surface area contributed by atoms with Gasteiger partial charge in [-0.05, 0) is 37.1 Å². The fraction of sp³-hybridized carbons (Fsp3) is 0.333. The van der Waals surface area contributed by atoms with Gasteiger partial charge in [0.25, 0.3) is 10.0 Å². The standard InChI is InChI=1S/C12H15N3O4S/c1-7-6-11(8(2)5-10(7)18-4)20(16,17)15-12-14-13-9(3)19-12/h5-6H,1-4H3,(H,14,15). The molecule has 2 aromatic rings. The molecule has 0 spiro atoms. The second-order valence-corrected chi connectivity index (χ2v) is 5.97. The maximum Gasteiger partial charge on any atom is 0.329 e. The zero-order valence-corrected chi connectivity index (χ0v) is 12.4. The van der Waals surface area contributed by atoms with E-state index in [4.69, 9.17) is 9.15 Å². The number of anilines is 1. The molecule has 1 heterocycles. The van der Waals surface area contributed by atoms with Gasteiger partial charge in [0.2, 0.25) is 5.89 Å². The Morgan fingerprint density at radius 2 is 1.85 bits per heavy atom. The van der Waals surface area contributed by atoms with Crippen molar-refractivity contribution in [2.75, 3.05) is 11.8 Å². The Morgan fingerprint density at radius 3 is 2.40 bits per heavy atom. The average molecular weight is 297 g/mol. The van der Waals surface area contributed by atoms with Crippen LogP contribution >= 0.6 is 0 Å². The molecule has 108 valence electrons. The predicted molar refractivity (Wildman–Crippen MR) is 72.3 cm³/mol. The number of rotatable bonds is 4. The monoisotopic (exact) mass is 297 g/mol. The average Bonchev–Trinajstić information content (AvgIpc) is 2.76. The summed E-state index contributed by atoms with van der Waals surface area (Å²) in [5, 5.41) is 7.18. The summed E-state index contributed by atoms with van der Waals surface area (Å²) in [4.78, 5) is 0.145. The molecule has 0 saturated carbocycles. The largest absolute Gasteiger partial charge is 0.496 e. The van der Waals surface area contributed by atoms with E-state index in [1.165, 1.54) is 7.11 Å². The van der Waals surface area contributed by atoms with E-state index in [-0.39, 0.29) is 16.8 Å². The fourth-order valence-electron chi connectivity index (χ4n) is 1.78. The van der Waals surface area contributed by atoms with Crippen molar-refractivity contribution in [1.82, 2.24) is 10.2 Å². The van der Waals surface area contributed by atoms with Crippen LogP contribution in [0.15, 0.2) is 21.4 Å². The molecule has 1 aromatic heterocycles. The SMILES string of the molecule is COc1cc(C)c(S(=O)(=O)Nc2nnc(C)o2)cc1C. The van der Waals surface area contributed by atoms with Crippen molar-refractivity contribution in [3.63, 3.8) is 0 Å². The first-order valence-corrected chi connectivity index (χ1v) is 7.30. The number of aryl methyl sites for hydroxylation is 3. The molecule has 0 bridgehead atoms. The van der Waals surface area contributed by atoms with Crippen LogP contribution in [0.1, 0.15) is 17.0 Å². The van der Waals surface area contributed by atoms with Crippen LogP contribution in [-0.2, 0) is 10.0 Å². The number of sulfonamides is 1. The Kier molecular flexibility index (Phi) is 3.67. The first-order valence-electron chi connectivity index (χ1n) is 5.81. The lowest BCUT2D eigenvalue weighted by Gasteiger charge is -2.11. The smallest absolute Gasteiger partial charge is 0.329 e. The topological polar surface area (TPSA) is 94.3 Å². The lowest BCUT2D eigenvalue weighted by Crippen LogP contribution is -2.15. The van der Waals surface area contributed by atoms with E-state index in [1.807, 2.05) is 0 Å². The van der Waals surface area contributed by atoms with Gasteiger partial charge in [0.05, 0.1) is 12.0 Å². The maximum atomic E-state index is 12.3. The summed E-state index contributed by atoms with van der Waals surface area (Å²) in [7, 11) is -2.24. The van der Waals surface area contributed by atoms with Gasteiger partial charge in [-0.2, -0.15) is 0 Å². The molecular formula is C12H15N3O4S. The minimum absolute atomic E-state index is 0.145. The van der Waals surface area contributed by atoms with Gasteiger partial charge >= 0.3 is 6.01 Å². The van der Waals surface area contributed by atoms with Crippen LogP contribution in [-0.4, -0.2) is 25.7 Å². The third kappa shape index (κ3) is 2.74. The van der Waals surface area contributed by atoms with Gasteiger partial charge in [0, 0.05) is 6.92 Å². The second-order valence-electron chi connectivity index (χ2n) is 4.32. The zero-order chi connectivity index (χ0) is 14.9. The van der Waals surface area contributed by atoms with Gasteiger partial charge in [0.1, 0.15) is 5.75 Å². The molecule has 0 aliphatic heterocycles. The molecule has 0 unspecified atom stereocenters. The number of aromatic nitrogens is 2. The fourth-order valence-corrected chi connectivity index (χ4v) is 3.02. The number of hydrogen-bond donors (Lipinski definition) is 1. The van der Waals surface area contributed by atoms with E-state index in [9.17, 15) is 8.42 Å². The normalized spacial score (nSPS) is 11.4. The van der Waals surface area contributed by atoms with Gasteiger partial charge in [-0.3, -0.25) is 0 Å². The van der Waals surface area contributed by atoms with Crippen molar-refractivity contribution in [1.29, 1.82) is 0 Å². The van der Waals surface area contributed by atoms with Crippen LogP contribution in [0.25, 0.3) is 0 Å². The second kappa shape index (κ2) is 5.12. The summed E-state index contributed by atoms with van der Waals surface area (Å²) < 4.78 is 37.0. The van der Waals surface area contributed by atoms with E-state index in [1.54, 1.807) is 32.9 Å². The summed E-state index contributed by atoms with van der Waals surface area (Å²) in [5.74, 6) is 0.917. The predicted octanol–water partition coefficient (Wildman–Crippen LogP) is 1.80. The van der Waals surface area contributed by atoms with E-state index in [2.05, 4.69) is 14.9 Å². The number of benzene rings is 1. The van der Waals surface area contributed by atoms with Gasteiger partial charge in [-0.15, -0.1) is 5.10 Å². The van der Waals surface area contributed by atoms with Gasteiger partial charge in [-0.1, -0.05) is 5.10 Å². The van der Waals surface area contributed by atoms with Crippen LogP contribution in [0.2, 0.25) is 0 Å². The molecule has 0 radical (unpaired) electrons. The molecule has 0 amide bonds. The van der Waals surface area contributed by atoms with Gasteiger partial charge in [-0.25, -0.2) is 13.1 Å². The highest BCUT2D eigenvalue weighted by Gasteiger charge is 2.21. The van der Waals surface area contributed by atoms with Crippen molar-refractivity contribution in [3.05, 3.63) is 29.2 Å². The number of ether oxygens (including phenoxy) is 1. The summed E-state index contributed by atoms with van der Waals surface area (Å²) >= 11 is 0. The molecule has 0 atom stereocenters. The van der Waals surface area contributed by atoms with Crippen molar-refractivity contribution in [2.45, 2.75) is 25.7 Å². The quantitative estimate of drug-likeness (QED) is 0.924. The van der Waals surface area contributed by atoms with Crippen molar-refractivity contribution in [3.8, 4) is 5.75 Å². The molecular weight excluding hydrogens is 282 g/mol. The van der Waals surface area contributed by atoms with Gasteiger partial charge < -0.3 is 9.15 Å². The molecule has 20 heavy (non-hydrogen) atoms. The molecule has 0 saturated heterocycles. The number of nitrogens with one attached hydrogen (secondary N) is 1. The molecule has 0 aliphatic carbocycles. The summed E-state index contributed by atoms with van der Waals surface area (Å²) in [6.45, 7) is 5.04. The molecule has 0 aliphatic rings. The van der Waals surface area contributed by atoms with Crippen molar-refractivity contribution >= 4 is 16.0 Å². The molecule has 1 N–H and O–H groups in total. The lowest BCUT2D eigenvalue weighted by molar-refractivity contribution is 0.411. The van der Waals surface area contributed by atoms with E-state index < -0.39 is 10.0 Å². The lowest BCUT2D eigenvalue weighted by atomic mass is 10.1. The van der Waals surface area contributed by atoms with Crippen LogP contribution < -0.4 is 9.46 Å². The van der Waals surface area contributed by atoms with Crippen LogP contribution in [0.4, 0.5) is 6.01 Å². The highest BCUT2D eigenvalue weighted by Crippen LogP contribution is 2.26. The molecule has 8 heteroatoms. The van der Waals surface area contributed by atoms with Crippen LogP contribution in [0, 0.1) is 20.8 Å². The Balaban J connectivity index is 2.41. The molecule has 0 fully saturated rings. The molecule has 7 nitrogen and oxygen atoms in total. The van der Waals surface area contributed by atoms with Gasteiger partial charge in [0.15, 0.2) is 0 Å². The van der Waals surface area contributed by atoms with Crippen molar-refractivity contribution < 1.29 is 17.6 Å². The Morgan fingerprint density at radius 1 is 1.15 bits per heavy atom. The third-order valence-electron chi connectivity index (χ3n) is 2.73. The highest BCUT2D eigenvalue weighted by molar-refractivity contribution is 7.92. The summed E-state index contributed by atoms with van der Waals surface area (Å²) in [5.41, 5.74) is 1.29. The molecule has 1 aromatic carbocycles. The minimum Gasteiger partial charge on any atom is -0.496 e. The highest BCUT2D eigenvalue weighted by atomic mass is 32.2. The number of nitrogens with zero attached hydrogens (tertiary/aromatic N) is 2. The maximum absolute atomic E-state index is 12.3. The van der Waals surface area contributed by atoms with Crippen LogP contribution in [0.5, 0.6) is 5.75 Å². The number of methoxy groups -OCH3 is 1. The summed E-state index contributed by atoms with van der Waals surface area (Å²) in [6, 6.07) is 3.05. The minimum atomic E-state index is -3.78. The van der Waals surface area contributed by atoms with E-state index in [0.29, 0.717) is 11.3 Å². The number of hydrogen-bond acceptors (Lipinski definition) is 6. The van der Waals surface area contributed by atoms with Crippen LogP contribution in [0.3, 0.4) is 0 Å². The Labute approximate surface area is 117 Å². The third-order valence-corrected chi connectivity index (χ3v) is 4.19. The Hall–Kier alpha value is -2.09. The van der Waals surface area contributed by atoms with E-state index >= 15 is 0 Å². The summed E-state index contributed by atoms with van der Waals surface area (Å²) in [6.07, 6.45) is 0. The first-order chi connectivity index (χ1) is 9.33. The van der Waals surface area contributed by atoms with E-state index in [0.717, 1.165) is 5.56 Å². The van der Waals surface area contributed by atoms with Crippen molar-refractivity contribution in [2.24, 2.45) is 0 Å².